The van der Waals surface area contributed by atoms with Crippen LogP contribution in [0.25, 0.3) is 0 Å². The average molecular weight is 210 g/mol. The van der Waals surface area contributed by atoms with E-state index in [1.807, 2.05) is 0 Å². The molecule has 7 heteroatoms. The number of H-pyrrole nitrogens is 1. The summed E-state index contributed by atoms with van der Waals surface area (Å²) in [5.74, 6) is 0.920. The third kappa shape index (κ3) is 2.49. The van der Waals surface area contributed by atoms with E-state index in [4.69, 9.17) is 0 Å². The van der Waals surface area contributed by atoms with E-state index in [2.05, 4.69) is 29.9 Å². The van der Waals surface area contributed by atoms with Gasteiger partial charge in [-0.1, -0.05) is 0 Å². The van der Waals surface area contributed by atoms with Gasteiger partial charge in [0.25, 0.3) is 0 Å². The highest BCUT2D eigenvalue weighted by molar-refractivity contribution is 7.09. The molecule has 0 spiro atoms. The Labute approximate surface area is 85.0 Å². The van der Waals surface area contributed by atoms with Crippen molar-refractivity contribution in [2.45, 2.75) is 12.8 Å². The summed E-state index contributed by atoms with van der Waals surface area (Å²) in [4.78, 5) is 8.04. The first-order valence-electron chi connectivity index (χ1n) is 4.30. The van der Waals surface area contributed by atoms with Crippen LogP contribution in [-0.4, -0.2) is 31.1 Å². The molecule has 0 aliphatic carbocycles. The number of nitrogens with one attached hydrogen (secondary N) is 2. The van der Waals surface area contributed by atoms with Gasteiger partial charge in [0, 0.05) is 24.5 Å². The number of nitrogens with zero attached hydrogens (tertiary/aromatic N) is 4. The lowest BCUT2D eigenvalue weighted by molar-refractivity contribution is 0.805. The van der Waals surface area contributed by atoms with Crippen LogP contribution in [0.4, 0.5) is 5.13 Å². The summed E-state index contributed by atoms with van der Waals surface area (Å²) in [6, 6.07) is 0. The zero-order valence-corrected chi connectivity index (χ0v) is 8.29. The number of anilines is 1. The molecule has 2 rings (SSSR count). The van der Waals surface area contributed by atoms with Gasteiger partial charge in [-0.05, 0) is 6.42 Å². The van der Waals surface area contributed by atoms with Crippen LogP contribution in [0.15, 0.2) is 12.7 Å². The first kappa shape index (κ1) is 9.07. The van der Waals surface area contributed by atoms with Crippen molar-refractivity contribution in [3.05, 3.63) is 18.5 Å². The molecule has 6 nitrogen and oxygen atoms in total. The van der Waals surface area contributed by atoms with Gasteiger partial charge in [-0.2, -0.15) is 9.47 Å². The summed E-state index contributed by atoms with van der Waals surface area (Å²) in [7, 11) is 0. The molecule has 74 valence electrons. The van der Waals surface area contributed by atoms with E-state index in [0.717, 1.165) is 30.3 Å². The fourth-order valence-electron chi connectivity index (χ4n) is 1.05. The first-order chi connectivity index (χ1) is 6.95. The molecule has 0 atom stereocenters. The fraction of sp³-hybridized carbons (Fsp3) is 0.429. The van der Waals surface area contributed by atoms with Crippen molar-refractivity contribution in [3.63, 3.8) is 0 Å². The van der Waals surface area contributed by atoms with Crippen LogP contribution in [0.5, 0.6) is 0 Å². The van der Waals surface area contributed by atoms with E-state index < -0.39 is 0 Å². The normalized spacial score (nSPS) is 10.3. The van der Waals surface area contributed by atoms with E-state index in [9.17, 15) is 0 Å². The Morgan fingerprint density at radius 1 is 1.36 bits per heavy atom. The molecular formula is C7H10N6S. The number of hydrogen-bond acceptors (Lipinski definition) is 6. The third-order valence-electron chi connectivity index (χ3n) is 1.69. The molecule has 0 bridgehead atoms. The van der Waals surface area contributed by atoms with Gasteiger partial charge in [0.1, 0.15) is 18.5 Å². The van der Waals surface area contributed by atoms with Crippen molar-refractivity contribution in [2.75, 3.05) is 11.9 Å². The van der Waals surface area contributed by atoms with Crippen LogP contribution < -0.4 is 5.32 Å². The minimum atomic E-state index is 0.863. The standard InChI is InChI=1S/C7H10N6S/c1(2-6-9-4-11-13-6)3-8-7-10-5-12-14-7/h4-5H,1-3H2,(H,8,10,12)(H,9,11,13). The van der Waals surface area contributed by atoms with Gasteiger partial charge in [0.2, 0.25) is 5.13 Å². The van der Waals surface area contributed by atoms with Crippen molar-refractivity contribution in [2.24, 2.45) is 0 Å². The van der Waals surface area contributed by atoms with Gasteiger partial charge >= 0.3 is 0 Å². The van der Waals surface area contributed by atoms with E-state index in [1.165, 1.54) is 17.9 Å². The first-order valence-corrected chi connectivity index (χ1v) is 5.07. The molecule has 2 aromatic heterocycles. The molecule has 0 amide bonds. The Morgan fingerprint density at radius 2 is 2.36 bits per heavy atom. The van der Waals surface area contributed by atoms with E-state index >= 15 is 0 Å². The molecule has 2 N–H and O–H groups in total. The van der Waals surface area contributed by atoms with Gasteiger partial charge in [0.15, 0.2) is 0 Å². The second-order valence-corrected chi connectivity index (χ2v) is 3.49. The van der Waals surface area contributed by atoms with Gasteiger partial charge < -0.3 is 5.32 Å². The largest absolute Gasteiger partial charge is 0.360 e. The van der Waals surface area contributed by atoms with Crippen molar-refractivity contribution >= 4 is 16.7 Å². The molecule has 0 aliphatic heterocycles. The Hall–Kier alpha value is -1.50. The molecule has 0 unspecified atom stereocenters. The Kier molecular flexibility index (Phi) is 3.02. The monoisotopic (exact) mass is 210 g/mol. The summed E-state index contributed by atoms with van der Waals surface area (Å²) in [6.07, 6.45) is 4.96. The topological polar surface area (TPSA) is 79.4 Å². The van der Waals surface area contributed by atoms with Gasteiger partial charge in [0.05, 0.1) is 0 Å². The van der Waals surface area contributed by atoms with E-state index in [0.29, 0.717) is 0 Å². The summed E-state index contributed by atoms with van der Waals surface area (Å²) in [6.45, 7) is 0.871. The molecule has 0 radical (unpaired) electrons. The van der Waals surface area contributed by atoms with Crippen LogP contribution in [0, 0.1) is 0 Å². The molecule has 0 saturated heterocycles. The van der Waals surface area contributed by atoms with Crippen LogP contribution in [0.1, 0.15) is 12.2 Å². The summed E-state index contributed by atoms with van der Waals surface area (Å²) >= 11 is 1.36. The second-order valence-electron chi connectivity index (χ2n) is 2.71. The highest BCUT2D eigenvalue weighted by Crippen LogP contribution is 2.06. The predicted molar refractivity (Wildman–Crippen MR) is 53.1 cm³/mol. The minimum Gasteiger partial charge on any atom is -0.360 e. The molecule has 2 heterocycles. The average Bonchev–Trinajstić information content (AvgIpc) is 2.86. The summed E-state index contributed by atoms with van der Waals surface area (Å²) in [5, 5.41) is 10.6. The lowest BCUT2D eigenvalue weighted by Gasteiger charge is -1.99. The van der Waals surface area contributed by atoms with Gasteiger partial charge in [-0.3, -0.25) is 5.10 Å². The van der Waals surface area contributed by atoms with E-state index in [-0.39, 0.29) is 0 Å². The van der Waals surface area contributed by atoms with Crippen LogP contribution in [-0.2, 0) is 6.42 Å². The van der Waals surface area contributed by atoms with Gasteiger partial charge in [-0.25, -0.2) is 9.97 Å². The maximum atomic E-state index is 4.03. The summed E-state index contributed by atoms with van der Waals surface area (Å²) in [5.41, 5.74) is 0. The fourth-order valence-corrected chi connectivity index (χ4v) is 1.51. The highest BCUT2D eigenvalue weighted by atomic mass is 32.1. The number of aryl methyl sites for hydroxylation is 1. The maximum Gasteiger partial charge on any atom is 0.202 e. The summed E-state index contributed by atoms with van der Waals surface area (Å²) < 4.78 is 3.89. The third-order valence-corrected chi connectivity index (χ3v) is 2.32. The lowest BCUT2D eigenvalue weighted by atomic mass is 10.3. The van der Waals surface area contributed by atoms with E-state index in [1.54, 1.807) is 6.33 Å². The number of aromatic nitrogens is 5. The molecular weight excluding hydrogens is 200 g/mol. The Morgan fingerprint density at radius 3 is 3.07 bits per heavy atom. The Balaban J connectivity index is 1.65. The zero-order valence-electron chi connectivity index (χ0n) is 7.47. The molecule has 2 aromatic rings. The highest BCUT2D eigenvalue weighted by Gasteiger charge is 1.97. The molecule has 14 heavy (non-hydrogen) atoms. The van der Waals surface area contributed by atoms with Crippen molar-refractivity contribution in [1.82, 2.24) is 24.5 Å². The SMILES string of the molecule is c1n[nH]c(CCCNc2ncns2)n1. The van der Waals surface area contributed by atoms with Crippen LogP contribution in [0.3, 0.4) is 0 Å². The number of hydrogen-bond donors (Lipinski definition) is 2. The van der Waals surface area contributed by atoms with Crippen LogP contribution in [0.2, 0.25) is 0 Å². The lowest BCUT2D eigenvalue weighted by Crippen LogP contribution is -2.03. The number of rotatable bonds is 5. The predicted octanol–water partition coefficient (Wildman–Crippen LogP) is 0.701. The zero-order chi connectivity index (χ0) is 9.64. The molecule has 0 aliphatic rings. The quantitative estimate of drug-likeness (QED) is 0.710. The molecule has 0 aromatic carbocycles. The molecule has 0 saturated carbocycles. The molecule has 0 fully saturated rings. The van der Waals surface area contributed by atoms with Crippen molar-refractivity contribution in [3.8, 4) is 0 Å². The van der Waals surface area contributed by atoms with Crippen molar-refractivity contribution in [1.29, 1.82) is 0 Å². The maximum absolute atomic E-state index is 4.03. The smallest absolute Gasteiger partial charge is 0.202 e. The Bertz CT molecular complexity index is 306. The van der Waals surface area contributed by atoms with Crippen LogP contribution >= 0.6 is 11.5 Å². The minimum absolute atomic E-state index is 0.863. The number of aromatic amines is 1. The second kappa shape index (κ2) is 4.66. The van der Waals surface area contributed by atoms with Crippen molar-refractivity contribution < 1.29 is 0 Å². The van der Waals surface area contributed by atoms with Gasteiger partial charge in [-0.15, -0.1) is 0 Å².